The average molecular weight is 405 g/mol. The molecular weight excluding hydrogens is 382 g/mol. The molecule has 0 bridgehead atoms. The van der Waals surface area contributed by atoms with E-state index >= 15 is 0 Å². The molecule has 3 aromatic rings. The number of methoxy groups -OCH3 is 2. The number of carbonyl (C=O) groups is 2. The molecule has 0 radical (unpaired) electrons. The van der Waals surface area contributed by atoms with E-state index < -0.39 is 0 Å². The summed E-state index contributed by atoms with van der Waals surface area (Å²) < 4.78 is 10.2. The Bertz CT molecular complexity index is 902. The zero-order valence-electron chi connectivity index (χ0n) is 16.8. The summed E-state index contributed by atoms with van der Waals surface area (Å²) in [6.45, 7) is 0.752. The fourth-order valence-corrected chi connectivity index (χ4v) is 2.71. The van der Waals surface area contributed by atoms with E-state index in [4.69, 9.17) is 9.47 Å². The topological polar surface area (TPSA) is 89.5 Å². The second kappa shape index (κ2) is 10.1. The highest BCUT2D eigenvalue weighted by atomic mass is 16.5. The van der Waals surface area contributed by atoms with Crippen molar-refractivity contribution in [3.05, 3.63) is 89.2 Å². The molecule has 0 spiro atoms. The number of rotatable bonds is 8. The maximum atomic E-state index is 12.3. The van der Waals surface area contributed by atoms with Crippen LogP contribution in [0.4, 0.5) is 0 Å². The predicted octanol–water partition coefficient (Wildman–Crippen LogP) is 2.96. The standard InChI is InChI=1S/C23H23N3O4/c1-29-19-8-3-16(4-9-19)13-25-22(27)18-7-12-21(24-15-18)23(28)26-14-17-5-10-20(30-2)11-6-17/h3-12,15H,13-14H2,1-2H3,(H,25,27)(H,26,28). The molecule has 3 rings (SSSR count). The van der Waals surface area contributed by atoms with E-state index in [1.54, 1.807) is 20.3 Å². The number of carbonyl (C=O) groups excluding carboxylic acids is 2. The van der Waals surface area contributed by atoms with Crippen LogP contribution in [0.5, 0.6) is 11.5 Å². The number of benzene rings is 2. The molecule has 0 aliphatic rings. The normalized spacial score (nSPS) is 10.2. The summed E-state index contributed by atoms with van der Waals surface area (Å²) in [6, 6.07) is 18.0. The van der Waals surface area contributed by atoms with Gasteiger partial charge in [0.1, 0.15) is 17.2 Å². The maximum absolute atomic E-state index is 12.3. The van der Waals surface area contributed by atoms with Gasteiger partial charge >= 0.3 is 0 Å². The monoisotopic (exact) mass is 405 g/mol. The van der Waals surface area contributed by atoms with Gasteiger partial charge in [0.2, 0.25) is 0 Å². The lowest BCUT2D eigenvalue weighted by atomic mass is 10.2. The van der Waals surface area contributed by atoms with Crippen molar-refractivity contribution in [1.29, 1.82) is 0 Å². The number of ether oxygens (including phenoxy) is 2. The molecule has 154 valence electrons. The van der Waals surface area contributed by atoms with E-state index in [1.165, 1.54) is 12.3 Å². The van der Waals surface area contributed by atoms with Gasteiger partial charge in [-0.3, -0.25) is 14.6 Å². The largest absolute Gasteiger partial charge is 0.497 e. The quantitative estimate of drug-likeness (QED) is 0.601. The molecule has 2 N–H and O–H groups in total. The first kappa shape index (κ1) is 20.9. The smallest absolute Gasteiger partial charge is 0.270 e. The molecule has 0 fully saturated rings. The van der Waals surface area contributed by atoms with E-state index in [0.29, 0.717) is 18.7 Å². The third kappa shape index (κ3) is 5.57. The van der Waals surface area contributed by atoms with Crippen LogP contribution in [0.3, 0.4) is 0 Å². The van der Waals surface area contributed by atoms with Crippen LogP contribution in [-0.2, 0) is 13.1 Å². The van der Waals surface area contributed by atoms with E-state index in [9.17, 15) is 9.59 Å². The third-order valence-electron chi connectivity index (χ3n) is 4.48. The Balaban J connectivity index is 1.51. The minimum Gasteiger partial charge on any atom is -0.497 e. The molecule has 1 aromatic heterocycles. The van der Waals surface area contributed by atoms with Gasteiger partial charge in [-0.05, 0) is 47.5 Å². The Labute approximate surface area is 175 Å². The van der Waals surface area contributed by atoms with Gasteiger partial charge in [-0.25, -0.2) is 0 Å². The Kier molecular flexibility index (Phi) is 7.00. The van der Waals surface area contributed by atoms with Crippen molar-refractivity contribution in [1.82, 2.24) is 15.6 Å². The highest BCUT2D eigenvalue weighted by molar-refractivity contribution is 5.96. The van der Waals surface area contributed by atoms with Crippen LogP contribution in [0, 0.1) is 0 Å². The van der Waals surface area contributed by atoms with Gasteiger partial charge in [0.15, 0.2) is 0 Å². The number of nitrogens with one attached hydrogen (secondary N) is 2. The number of aromatic nitrogens is 1. The fourth-order valence-electron chi connectivity index (χ4n) is 2.71. The van der Waals surface area contributed by atoms with Gasteiger partial charge in [0.25, 0.3) is 11.8 Å². The van der Waals surface area contributed by atoms with Gasteiger partial charge in [-0.2, -0.15) is 0 Å². The predicted molar refractivity (Wildman–Crippen MR) is 113 cm³/mol. The van der Waals surface area contributed by atoms with Crippen LogP contribution in [0.1, 0.15) is 32.0 Å². The van der Waals surface area contributed by atoms with E-state index in [2.05, 4.69) is 15.6 Å². The molecule has 0 unspecified atom stereocenters. The zero-order valence-corrected chi connectivity index (χ0v) is 16.8. The van der Waals surface area contributed by atoms with Crippen LogP contribution >= 0.6 is 0 Å². The molecule has 30 heavy (non-hydrogen) atoms. The highest BCUT2D eigenvalue weighted by Crippen LogP contribution is 2.12. The molecule has 0 saturated carbocycles. The van der Waals surface area contributed by atoms with Gasteiger partial charge in [-0.15, -0.1) is 0 Å². The lowest BCUT2D eigenvalue weighted by Gasteiger charge is -2.08. The molecule has 0 aliphatic heterocycles. The van der Waals surface area contributed by atoms with Gasteiger partial charge < -0.3 is 20.1 Å². The molecule has 7 heteroatoms. The minimum atomic E-state index is -0.309. The van der Waals surface area contributed by atoms with Crippen LogP contribution in [0.25, 0.3) is 0 Å². The Morgan fingerprint density at radius 2 is 1.23 bits per heavy atom. The first-order valence-electron chi connectivity index (χ1n) is 9.37. The van der Waals surface area contributed by atoms with Gasteiger partial charge in [-0.1, -0.05) is 24.3 Å². The molecule has 0 saturated heterocycles. The van der Waals surface area contributed by atoms with Crippen molar-refractivity contribution in [3.8, 4) is 11.5 Å². The summed E-state index contributed by atoms with van der Waals surface area (Å²) in [5.41, 5.74) is 2.52. The number of nitrogens with zero attached hydrogens (tertiary/aromatic N) is 1. The highest BCUT2D eigenvalue weighted by Gasteiger charge is 2.10. The van der Waals surface area contributed by atoms with Crippen molar-refractivity contribution in [3.63, 3.8) is 0 Å². The molecule has 7 nitrogen and oxygen atoms in total. The molecule has 0 atom stereocenters. The van der Waals surface area contributed by atoms with Crippen molar-refractivity contribution in [2.24, 2.45) is 0 Å². The lowest BCUT2D eigenvalue weighted by Crippen LogP contribution is -2.25. The Morgan fingerprint density at radius 1 is 0.733 bits per heavy atom. The van der Waals surface area contributed by atoms with Crippen molar-refractivity contribution < 1.29 is 19.1 Å². The van der Waals surface area contributed by atoms with Crippen molar-refractivity contribution in [2.75, 3.05) is 14.2 Å². The van der Waals surface area contributed by atoms with Crippen LogP contribution in [-0.4, -0.2) is 31.0 Å². The SMILES string of the molecule is COc1ccc(CNC(=O)c2ccc(C(=O)NCc3ccc(OC)cc3)nc2)cc1. The number of amides is 2. The fraction of sp³-hybridized carbons (Fsp3) is 0.174. The Hall–Kier alpha value is -3.87. The van der Waals surface area contributed by atoms with Crippen LogP contribution in [0.15, 0.2) is 66.9 Å². The lowest BCUT2D eigenvalue weighted by molar-refractivity contribution is 0.0935. The van der Waals surface area contributed by atoms with E-state index in [-0.39, 0.29) is 17.5 Å². The summed E-state index contributed by atoms with van der Waals surface area (Å²) in [5.74, 6) is 0.947. The molecular formula is C23H23N3O4. The molecule has 2 amide bonds. The van der Waals surface area contributed by atoms with Gasteiger partial charge in [0, 0.05) is 19.3 Å². The first-order chi connectivity index (χ1) is 14.6. The van der Waals surface area contributed by atoms with Crippen LogP contribution < -0.4 is 20.1 Å². The number of hydrogen-bond acceptors (Lipinski definition) is 5. The second-order valence-electron chi connectivity index (χ2n) is 6.49. The summed E-state index contributed by atoms with van der Waals surface area (Å²) >= 11 is 0. The summed E-state index contributed by atoms with van der Waals surface area (Å²) in [7, 11) is 3.21. The van der Waals surface area contributed by atoms with Crippen molar-refractivity contribution in [2.45, 2.75) is 13.1 Å². The Morgan fingerprint density at radius 3 is 1.67 bits per heavy atom. The maximum Gasteiger partial charge on any atom is 0.270 e. The third-order valence-corrected chi connectivity index (χ3v) is 4.48. The number of hydrogen-bond donors (Lipinski definition) is 2. The summed E-state index contributed by atoms with van der Waals surface area (Å²) in [4.78, 5) is 28.7. The second-order valence-corrected chi connectivity index (χ2v) is 6.49. The summed E-state index contributed by atoms with van der Waals surface area (Å²) in [6.07, 6.45) is 1.39. The first-order valence-corrected chi connectivity index (χ1v) is 9.37. The molecule has 0 aliphatic carbocycles. The van der Waals surface area contributed by atoms with Crippen LogP contribution in [0.2, 0.25) is 0 Å². The zero-order chi connectivity index (χ0) is 21.3. The number of pyridine rings is 1. The average Bonchev–Trinajstić information content (AvgIpc) is 2.81. The van der Waals surface area contributed by atoms with Gasteiger partial charge in [0.05, 0.1) is 19.8 Å². The van der Waals surface area contributed by atoms with E-state index in [1.807, 2.05) is 48.5 Å². The van der Waals surface area contributed by atoms with Crippen molar-refractivity contribution >= 4 is 11.8 Å². The molecule has 2 aromatic carbocycles. The summed E-state index contributed by atoms with van der Waals surface area (Å²) in [5, 5.41) is 5.63. The minimum absolute atomic E-state index is 0.246. The molecule has 1 heterocycles. The van der Waals surface area contributed by atoms with E-state index in [0.717, 1.165) is 22.6 Å².